The molecule has 0 unspecified atom stereocenters. The lowest BCUT2D eigenvalue weighted by Gasteiger charge is -2.13. The highest BCUT2D eigenvalue weighted by Crippen LogP contribution is 2.12. The van der Waals surface area contributed by atoms with Gasteiger partial charge in [0.25, 0.3) is 0 Å². The smallest absolute Gasteiger partial charge is 0.326 e. The number of amides is 1. The van der Waals surface area contributed by atoms with Crippen LogP contribution in [0.15, 0.2) is 18.2 Å². The highest BCUT2D eigenvalue weighted by Gasteiger charge is 2.19. The van der Waals surface area contributed by atoms with Gasteiger partial charge >= 0.3 is 5.97 Å². The van der Waals surface area contributed by atoms with Crippen molar-refractivity contribution in [1.82, 2.24) is 5.32 Å². The van der Waals surface area contributed by atoms with Crippen molar-refractivity contribution in [1.29, 1.82) is 0 Å². The number of carbonyl (C=O) groups is 2. The minimum Gasteiger partial charge on any atom is -0.480 e. The number of alkyl halides is 1. The first-order valence-electron chi connectivity index (χ1n) is 6.03. The van der Waals surface area contributed by atoms with Crippen molar-refractivity contribution in [2.45, 2.75) is 25.4 Å². The number of benzene rings is 1. The van der Waals surface area contributed by atoms with E-state index in [1.165, 1.54) is 6.07 Å². The fraction of sp³-hybridized carbons (Fsp3) is 0.385. The van der Waals surface area contributed by atoms with E-state index in [9.17, 15) is 14.0 Å². The predicted octanol–water partition coefficient (Wildman–Crippen LogP) is 1.03. The van der Waals surface area contributed by atoms with Gasteiger partial charge in [-0.15, -0.1) is 11.6 Å². The van der Waals surface area contributed by atoms with E-state index in [1.54, 1.807) is 12.1 Å². The van der Waals surface area contributed by atoms with E-state index in [4.69, 9.17) is 22.4 Å². The largest absolute Gasteiger partial charge is 0.480 e. The quantitative estimate of drug-likeness (QED) is 0.656. The maximum Gasteiger partial charge on any atom is 0.326 e. The fourth-order valence-corrected chi connectivity index (χ4v) is 1.79. The van der Waals surface area contributed by atoms with Crippen molar-refractivity contribution in [2.75, 3.05) is 5.88 Å². The molecule has 0 bridgehead atoms. The van der Waals surface area contributed by atoms with Crippen LogP contribution >= 0.6 is 11.6 Å². The summed E-state index contributed by atoms with van der Waals surface area (Å²) in [4.78, 5) is 22.1. The van der Waals surface area contributed by atoms with Crippen LogP contribution in [0.25, 0.3) is 0 Å². The molecule has 0 heterocycles. The van der Waals surface area contributed by atoms with Crippen LogP contribution in [-0.4, -0.2) is 28.9 Å². The van der Waals surface area contributed by atoms with Gasteiger partial charge in [-0.05, 0) is 24.5 Å². The highest BCUT2D eigenvalue weighted by molar-refractivity contribution is 6.27. The van der Waals surface area contributed by atoms with Gasteiger partial charge in [0.05, 0.1) is 0 Å². The van der Waals surface area contributed by atoms with Crippen LogP contribution in [-0.2, 0) is 22.6 Å². The van der Waals surface area contributed by atoms with Crippen molar-refractivity contribution in [2.24, 2.45) is 5.73 Å². The number of halogens is 2. The number of carboxylic acids is 1. The van der Waals surface area contributed by atoms with Crippen LogP contribution in [0.5, 0.6) is 0 Å². The molecule has 1 atom stereocenters. The Morgan fingerprint density at radius 1 is 1.45 bits per heavy atom. The number of aryl methyl sites for hydroxylation is 1. The second-order valence-corrected chi connectivity index (χ2v) is 4.53. The van der Waals surface area contributed by atoms with Crippen LogP contribution in [0.3, 0.4) is 0 Å². The third-order valence-electron chi connectivity index (χ3n) is 2.81. The molecule has 0 aliphatic rings. The molecule has 0 fully saturated rings. The van der Waals surface area contributed by atoms with Crippen LogP contribution < -0.4 is 11.1 Å². The average molecular weight is 303 g/mol. The molecule has 1 rings (SSSR count). The minimum absolute atomic E-state index is 0.107. The van der Waals surface area contributed by atoms with E-state index in [1.807, 2.05) is 0 Å². The minimum atomic E-state index is -1.15. The number of carboxylic acid groups (broad SMARTS) is 1. The number of carbonyl (C=O) groups excluding carboxylic acids is 1. The standard InChI is InChI=1S/C13H16ClFN2O3/c14-6-12(18)17-11(13(19)20)4-2-8-1-3-9(7-16)10(15)5-8/h1,3,5,11H,2,4,6-7,16H2,(H,17,18)(H,19,20)/t11-/m1/s1. The van der Waals surface area contributed by atoms with Crippen molar-refractivity contribution in [3.8, 4) is 0 Å². The first-order chi connectivity index (χ1) is 9.47. The fourth-order valence-electron chi connectivity index (χ4n) is 1.71. The number of rotatable bonds is 7. The van der Waals surface area contributed by atoms with Crippen molar-refractivity contribution in [3.63, 3.8) is 0 Å². The van der Waals surface area contributed by atoms with Crippen molar-refractivity contribution < 1.29 is 19.1 Å². The monoisotopic (exact) mass is 302 g/mol. The van der Waals surface area contributed by atoms with Crippen molar-refractivity contribution >= 4 is 23.5 Å². The molecule has 0 spiro atoms. The Morgan fingerprint density at radius 3 is 2.65 bits per heavy atom. The third kappa shape index (κ3) is 4.79. The second kappa shape index (κ2) is 7.81. The number of nitrogens with two attached hydrogens (primary N) is 1. The molecule has 0 radical (unpaired) electrons. The van der Waals surface area contributed by atoms with Gasteiger partial charge in [0, 0.05) is 12.1 Å². The summed E-state index contributed by atoms with van der Waals surface area (Å²) in [6.07, 6.45) is 0.473. The van der Waals surface area contributed by atoms with E-state index < -0.39 is 23.7 Å². The second-order valence-electron chi connectivity index (χ2n) is 4.26. The van der Waals surface area contributed by atoms with Gasteiger partial charge in [-0.2, -0.15) is 0 Å². The molecule has 5 nitrogen and oxygen atoms in total. The summed E-state index contributed by atoms with van der Waals surface area (Å²) in [6, 6.07) is 3.54. The number of nitrogens with one attached hydrogen (secondary N) is 1. The molecule has 1 amide bonds. The molecule has 20 heavy (non-hydrogen) atoms. The van der Waals surface area contributed by atoms with E-state index >= 15 is 0 Å². The van der Waals surface area contributed by atoms with E-state index in [-0.39, 0.29) is 18.8 Å². The first-order valence-corrected chi connectivity index (χ1v) is 6.57. The van der Waals surface area contributed by atoms with Crippen LogP contribution in [0.1, 0.15) is 17.5 Å². The molecular weight excluding hydrogens is 287 g/mol. The third-order valence-corrected chi connectivity index (χ3v) is 3.06. The van der Waals surface area contributed by atoms with E-state index in [0.29, 0.717) is 17.5 Å². The lowest BCUT2D eigenvalue weighted by Crippen LogP contribution is -2.41. The number of hydrogen-bond acceptors (Lipinski definition) is 3. The van der Waals surface area contributed by atoms with Crippen molar-refractivity contribution in [3.05, 3.63) is 35.1 Å². The van der Waals surface area contributed by atoms with Crippen LogP contribution in [0.2, 0.25) is 0 Å². The summed E-state index contributed by atoms with van der Waals surface area (Å²) in [5.41, 5.74) is 6.40. The SMILES string of the molecule is NCc1ccc(CC[C@@H](NC(=O)CCl)C(=O)O)cc1F. The zero-order chi connectivity index (χ0) is 15.1. The van der Waals surface area contributed by atoms with Crippen LogP contribution in [0, 0.1) is 5.82 Å². The summed E-state index contributed by atoms with van der Waals surface area (Å²) in [6.45, 7) is 0.107. The Balaban J connectivity index is 2.65. The maximum absolute atomic E-state index is 13.5. The summed E-state index contributed by atoms with van der Waals surface area (Å²) >= 11 is 5.31. The lowest BCUT2D eigenvalue weighted by atomic mass is 10.0. The van der Waals surface area contributed by atoms with Gasteiger partial charge in [0.1, 0.15) is 17.7 Å². The van der Waals surface area contributed by atoms with E-state index in [2.05, 4.69) is 5.32 Å². The van der Waals surface area contributed by atoms with Gasteiger partial charge in [-0.1, -0.05) is 12.1 Å². The zero-order valence-electron chi connectivity index (χ0n) is 10.7. The normalized spacial score (nSPS) is 11.9. The molecule has 1 aromatic carbocycles. The summed E-state index contributed by atoms with van der Waals surface area (Å²) in [5, 5.41) is 11.3. The molecule has 1 aromatic rings. The Morgan fingerprint density at radius 2 is 2.15 bits per heavy atom. The molecule has 0 saturated heterocycles. The Kier molecular flexibility index (Phi) is 6.41. The van der Waals surface area contributed by atoms with Gasteiger partial charge in [0.15, 0.2) is 0 Å². The van der Waals surface area contributed by atoms with Gasteiger partial charge in [-0.3, -0.25) is 4.79 Å². The number of hydrogen-bond donors (Lipinski definition) is 3. The molecule has 7 heteroatoms. The first kappa shape index (κ1) is 16.4. The summed E-state index contributed by atoms with van der Waals surface area (Å²) in [7, 11) is 0. The summed E-state index contributed by atoms with van der Waals surface area (Å²) in [5.74, 6) is -2.42. The van der Waals surface area contributed by atoms with Gasteiger partial charge in [-0.25, -0.2) is 9.18 Å². The van der Waals surface area contributed by atoms with Crippen LogP contribution in [0.4, 0.5) is 4.39 Å². The molecule has 4 N–H and O–H groups in total. The van der Waals surface area contributed by atoms with E-state index in [0.717, 1.165) is 0 Å². The Hall–Kier alpha value is -1.66. The molecule has 110 valence electrons. The molecule has 0 aromatic heterocycles. The molecular formula is C13H16ClFN2O3. The average Bonchev–Trinajstić information content (AvgIpc) is 2.42. The van der Waals surface area contributed by atoms with Gasteiger partial charge in [0.2, 0.25) is 5.91 Å². The molecule has 0 aliphatic carbocycles. The highest BCUT2D eigenvalue weighted by atomic mass is 35.5. The Labute approximate surface area is 120 Å². The van der Waals surface area contributed by atoms with Gasteiger partial charge < -0.3 is 16.2 Å². The number of aliphatic carboxylic acids is 1. The topological polar surface area (TPSA) is 92.4 Å². The summed E-state index contributed by atoms with van der Waals surface area (Å²) < 4.78 is 13.5. The molecule has 0 aliphatic heterocycles. The molecule has 0 saturated carbocycles. The Bertz CT molecular complexity index is 497. The predicted molar refractivity (Wildman–Crippen MR) is 72.9 cm³/mol. The zero-order valence-corrected chi connectivity index (χ0v) is 11.5. The lowest BCUT2D eigenvalue weighted by molar-refractivity contribution is -0.141. The maximum atomic E-state index is 13.5.